The van der Waals surface area contributed by atoms with Gasteiger partial charge in [-0.1, -0.05) is 0 Å². The lowest BCUT2D eigenvalue weighted by molar-refractivity contribution is -0.141. The van der Waals surface area contributed by atoms with Crippen molar-refractivity contribution in [2.45, 2.75) is 19.7 Å². The lowest BCUT2D eigenvalue weighted by Crippen LogP contribution is -2.10. The molecule has 0 atom stereocenters. The summed E-state index contributed by atoms with van der Waals surface area (Å²) >= 11 is 0. The number of aromatic nitrogens is 4. The fourth-order valence-electron chi connectivity index (χ4n) is 1.75. The molecule has 5 nitrogen and oxygen atoms in total. The molecule has 0 saturated carbocycles. The fourth-order valence-corrected chi connectivity index (χ4v) is 1.75. The predicted molar refractivity (Wildman–Crippen MR) is 56.0 cm³/mol. The number of alkyl halides is 3. The molecule has 0 aromatic carbocycles. The Bertz CT molecular complexity index is 570. The van der Waals surface area contributed by atoms with Crippen molar-refractivity contribution in [3.8, 4) is 5.82 Å². The van der Waals surface area contributed by atoms with Crippen LogP contribution in [-0.2, 0) is 19.8 Å². The molecule has 0 aliphatic heterocycles. The van der Waals surface area contributed by atoms with Gasteiger partial charge >= 0.3 is 6.18 Å². The van der Waals surface area contributed by atoms with Gasteiger partial charge < -0.3 is 5.11 Å². The molecule has 0 aliphatic rings. The third kappa shape index (κ3) is 1.99. The molecule has 0 saturated heterocycles. The summed E-state index contributed by atoms with van der Waals surface area (Å²) in [6.45, 7) is 1.36. The van der Waals surface area contributed by atoms with Crippen LogP contribution in [0.4, 0.5) is 13.2 Å². The van der Waals surface area contributed by atoms with E-state index in [9.17, 15) is 18.3 Å². The van der Waals surface area contributed by atoms with Crippen LogP contribution in [0.25, 0.3) is 5.82 Å². The maximum Gasteiger partial charge on any atom is 0.435 e. The third-order valence-corrected chi connectivity index (χ3v) is 2.57. The number of aliphatic hydroxyl groups is 1. The van der Waals surface area contributed by atoms with Crippen LogP contribution < -0.4 is 0 Å². The molecule has 0 spiro atoms. The highest BCUT2D eigenvalue weighted by Gasteiger charge is 2.34. The molecule has 0 bridgehead atoms. The van der Waals surface area contributed by atoms with E-state index in [1.54, 1.807) is 14.0 Å². The summed E-state index contributed by atoms with van der Waals surface area (Å²) in [5.41, 5.74) is 0.0265. The smallest absolute Gasteiger partial charge is 0.391 e. The Labute approximate surface area is 100 Å². The Morgan fingerprint density at radius 1 is 1.33 bits per heavy atom. The minimum absolute atomic E-state index is 0.309. The molecule has 0 fully saturated rings. The van der Waals surface area contributed by atoms with Gasteiger partial charge in [-0.05, 0) is 13.0 Å². The minimum atomic E-state index is -4.49. The number of hydrogen-bond donors (Lipinski definition) is 1. The van der Waals surface area contributed by atoms with E-state index >= 15 is 0 Å². The summed E-state index contributed by atoms with van der Waals surface area (Å²) in [5, 5.41) is 16.7. The Kier molecular flexibility index (Phi) is 2.89. The highest BCUT2D eigenvalue weighted by Crippen LogP contribution is 2.28. The van der Waals surface area contributed by atoms with Crippen molar-refractivity contribution in [3.63, 3.8) is 0 Å². The maximum absolute atomic E-state index is 12.5. The maximum atomic E-state index is 12.5. The van der Waals surface area contributed by atoms with Gasteiger partial charge in [-0.15, -0.1) is 0 Å². The van der Waals surface area contributed by atoms with Crippen LogP contribution in [0.2, 0.25) is 0 Å². The molecule has 98 valence electrons. The molecule has 8 heteroatoms. The number of hydrogen-bond acceptors (Lipinski definition) is 3. The van der Waals surface area contributed by atoms with Crippen molar-refractivity contribution in [1.82, 2.24) is 19.6 Å². The first-order valence-electron chi connectivity index (χ1n) is 5.11. The van der Waals surface area contributed by atoms with Crippen LogP contribution in [0.1, 0.15) is 17.0 Å². The molecule has 2 aromatic heterocycles. The molecule has 1 N–H and O–H groups in total. The molecular weight excluding hydrogens is 249 g/mol. The molecule has 2 aromatic rings. The average Bonchev–Trinajstić information content (AvgIpc) is 2.81. The normalized spacial score (nSPS) is 12.1. The third-order valence-electron chi connectivity index (χ3n) is 2.57. The van der Waals surface area contributed by atoms with Crippen LogP contribution in [0.5, 0.6) is 0 Å². The monoisotopic (exact) mass is 260 g/mol. The Morgan fingerprint density at radius 2 is 2.00 bits per heavy atom. The van der Waals surface area contributed by atoms with E-state index in [1.165, 1.54) is 10.9 Å². The number of rotatable bonds is 2. The van der Waals surface area contributed by atoms with E-state index in [2.05, 4.69) is 10.2 Å². The van der Waals surface area contributed by atoms with Gasteiger partial charge in [-0.3, -0.25) is 4.68 Å². The number of nitrogens with zero attached hydrogens (tertiary/aromatic N) is 4. The van der Waals surface area contributed by atoms with Crippen molar-refractivity contribution in [1.29, 1.82) is 0 Å². The molecule has 0 radical (unpaired) electrons. The van der Waals surface area contributed by atoms with Crippen LogP contribution in [0.15, 0.2) is 12.3 Å². The lowest BCUT2D eigenvalue weighted by atomic mass is 10.2. The summed E-state index contributed by atoms with van der Waals surface area (Å²) in [5.74, 6) is 0.325. The van der Waals surface area contributed by atoms with Gasteiger partial charge in [0.15, 0.2) is 11.5 Å². The first-order valence-corrected chi connectivity index (χ1v) is 5.11. The summed E-state index contributed by atoms with van der Waals surface area (Å²) in [6, 6.07) is 0.878. The molecule has 0 amide bonds. The van der Waals surface area contributed by atoms with E-state index in [0.29, 0.717) is 17.1 Å². The molecular formula is C10H11F3N4O. The Morgan fingerprint density at radius 3 is 2.50 bits per heavy atom. The first-order chi connectivity index (χ1) is 8.34. The lowest BCUT2D eigenvalue weighted by Gasteiger charge is -2.05. The van der Waals surface area contributed by atoms with E-state index in [1.807, 2.05) is 0 Å². The molecule has 18 heavy (non-hydrogen) atoms. The van der Waals surface area contributed by atoms with Gasteiger partial charge in [0, 0.05) is 18.8 Å². The standard InChI is InChI=1S/C10H11F3N4O/c1-6-7(5-18)9(16(2)14-6)17-4-3-8(15-17)10(11,12)13/h3-4,18H,5H2,1-2H3. The zero-order chi connectivity index (χ0) is 13.5. The van der Waals surface area contributed by atoms with Crippen molar-refractivity contribution in [2.75, 3.05) is 0 Å². The van der Waals surface area contributed by atoms with Gasteiger partial charge in [0.25, 0.3) is 0 Å². The fraction of sp³-hybridized carbons (Fsp3) is 0.400. The predicted octanol–water partition coefficient (Wildman–Crippen LogP) is 1.43. The molecule has 0 aliphatic carbocycles. The van der Waals surface area contributed by atoms with Crippen molar-refractivity contribution in [3.05, 3.63) is 29.2 Å². The average molecular weight is 260 g/mol. The highest BCUT2D eigenvalue weighted by atomic mass is 19.4. The molecule has 2 rings (SSSR count). The summed E-state index contributed by atoms with van der Waals surface area (Å²) < 4.78 is 39.8. The van der Waals surface area contributed by atoms with Crippen LogP contribution in [-0.4, -0.2) is 24.7 Å². The van der Waals surface area contributed by atoms with Gasteiger partial charge in [0.05, 0.1) is 12.3 Å². The van der Waals surface area contributed by atoms with Crippen LogP contribution in [0, 0.1) is 6.92 Å². The topological polar surface area (TPSA) is 55.9 Å². The van der Waals surface area contributed by atoms with Crippen molar-refractivity contribution >= 4 is 0 Å². The van der Waals surface area contributed by atoms with Crippen LogP contribution in [0.3, 0.4) is 0 Å². The minimum Gasteiger partial charge on any atom is -0.391 e. The molecule has 0 unspecified atom stereocenters. The largest absolute Gasteiger partial charge is 0.435 e. The Balaban J connectivity index is 2.53. The van der Waals surface area contributed by atoms with Crippen LogP contribution >= 0.6 is 0 Å². The second-order valence-corrected chi connectivity index (χ2v) is 3.81. The highest BCUT2D eigenvalue weighted by molar-refractivity contribution is 5.37. The molecule has 2 heterocycles. The SMILES string of the molecule is Cc1nn(C)c(-n2ccc(C(F)(F)F)n2)c1CO. The first kappa shape index (κ1) is 12.6. The van der Waals surface area contributed by atoms with Gasteiger partial charge in [-0.2, -0.15) is 23.4 Å². The van der Waals surface area contributed by atoms with E-state index < -0.39 is 11.9 Å². The summed E-state index contributed by atoms with van der Waals surface area (Å²) in [7, 11) is 1.58. The van der Waals surface area contributed by atoms with E-state index in [-0.39, 0.29) is 6.61 Å². The van der Waals surface area contributed by atoms with Crippen molar-refractivity contribution in [2.24, 2.45) is 7.05 Å². The summed E-state index contributed by atoms with van der Waals surface area (Å²) in [4.78, 5) is 0. The zero-order valence-corrected chi connectivity index (χ0v) is 9.73. The van der Waals surface area contributed by atoms with Crippen molar-refractivity contribution < 1.29 is 18.3 Å². The second-order valence-electron chi connectivity index (χ2n) is 3.81. The van der Waals surface area contributed by atoms with Gasteiger partial charge in [-0.25, -0.2) is 4.68 Å². The van der Waals surface area contributed by atoms with Gasteiger partial charge in [0.1, 0.15) is 0 Å². The van der Waals surface area contributed by atoms with E-state index in [4.69, 9.17) is 0 Å². The quantitative estimate of drug-likeness (QED) is 0.888. The Hall–Kier alpha value is -1.83. The van der Waals surface area contributed by atoms with E-state index in [0.717, 1.165) is 10.7 Å². The second kappa shape index (κ2) is 4.13. The summed E-state index contributed by atoms with van der Waals surface area (Å²) in [6.07, 6.45) is -3.29. The van der Waals surface area contributed by atoms with Gasteiger partial charge in [0.2, 0.25) is 0 Å². The number of aryl methyl sites for hydroxylation is 2. The number of aliphatic hydroxyl groups excluding tert-OH is 1. The number of halogens is 3. The zero-order valence-electron chi connectivity index (χ0n) is 9.73.